The minimum atomic E-state index is -0.257. The molecule has 4 heteroatoms. The van der Waals surface area contributed by atoms with E-state index in [0.717, 1.165) is 11.1 Å². The maximum absolute atomic E-state index is 13.8. The number of nitrogens with one attached hydrogen (secondary N) is 1. The zero-order chi connectivity index (χ0) is 14.0. The van der Waals surface area contributed by atoms with Crippen molar-refractivity contribution in [2.45, 2.75) is 19.9 Å². The van der Waals surface area contributed by atoms with Crippen LogP contribution >= 0.6 is 23.2 Å². The SMILES string of the molecule is Cc1ccc(NC(C)c2ccc(Cl)c(Cl)c2)c(F)c1. The van der Waals surface area contributed by atoms with Crippen molar-refractivity contribution in [1.82, 2.24) is 0 Å². The number of hydrogen-bond acceptors (Lipinski definition) is 1. The van der Waals surface area contributed by atoms with Gasteiger partial charge in [0.25, 0.3) is 0 Å². The fourth-order valence-electron chi connectivity index (χ4n) is 1.84. The van der Waals surface area contributed by atoms with Crippen LogP contribution in [0, 0.1) is 12.7 Å². The van der Waals surface area contributed by atoms with Crippen molar-refractivity contribution in [3.63, 3.8) is 0 Å². The van der Waals surface area contributed by atoms with Gasteiger partial charge in [-0.15, -0.1) is 0 Å². The molecule has 0 spiro atoms. The Hall–Kier alpha value is -1.25. The van der Waals surface area contributed by atoms with Gasteiger partial charge in [0.05, 0.1) is 15.7 Å². The Morgan fingerprint density at radius 3 is 2.42 bits per heavy atom. The summed E-state index contributed by atoms with van der Waals surface area (Å²) < 4.78 is 13.8. The molecule has 19 heavy (non-hydrogen) atoms. The van der Waals surface area contributed by atoms with Crippen LogP contribution in [0.4, 0.5) is 10.1 Å². The first kappa shape index (κ1) is 14.2. The second-order valence-corrected chi connectivity index (χ2v) is 5.34. The average molecular weight is 298 g/mol. The highest BCUT2D eigenvalue weighted by atomic mass is 35.5. The van der Waals surface area contributed by atoms with Gasteiger partial charge in [0, 0.05) is 6.04 Å². The zero-order valence-corrected chi connectivity index (χ0v) is 12.2. The summed E-state index contributed by atoms with van der Waals surface area (Å²) in [6.45, 7) is 3.80. The molecule has 0 aromatic heterocycles. The van der Waals surface area contributed by atoms with Gasteiger partial charge in [-0.25, -0.2) is 4.39 Å². The van der Waals surface area contributed by atoms with Gasteiger partial charge < -0.3 is 5.32 Å². The summed E-state index contributed by atoms with van der Waals surface area (Å²) in [5.74, 6) is -0.257. The van der Waals surface area contributed by atoms with Gasteiger partial charge >= 0.3 is 0 Å². The van der Waals surface area contributed by atoms with Crippen LogP contribution in [-0.2, 0) is 0 Å². The molecule has 0 amide bonds. The average Bonchev–Trinajstić information content (AvgIpc) is 2.36. The number of hydrogen-bond donors (Lipinski definition) is 1. The summed E-state index contributed by atoms with van der Waals surface area (Å²) in [5.41, 5.74) is 2.32. The minimum Gasteiger partial charge on any atom is -0.376 e. The molecule has 1 N–H and O–H groups in total. The van der Waals surface area contributed by atoms with E-state index in [4.69, 9.17) is 23.2 Å². The number of aryl methyl sites for hydroxylation is 1. The molecule has 2 aromatic carbocycles. The van der Waals surface area contributed by atoms with Crippen LogP contribution in [0.5, 0.6) is 0 Å². The molecule has 1 atom stereocenters. The van der Waals surface area contributed by atoms with E-state index in [0.29, 0.717) is 15.7 Å². The molecule has 0 aliphatic heterocycles. The molecule has 0 saturated heterocycles. The standard InChI is InChI=1S/C15H14Cl2FN/c1-9-3-6-15(14(18)7-9)19-10(2)11-4-5-12(16)13(17)8-11/h3-8,10,19H,1-2H3. The van der Waals surface area contributed by atoms with E-state index in [-0.39, 0.29) is 11.9 Å². The van der Waals surface area contributed by atoms with Crippen molar-refractivity contribution in [1.29, 1.82) is 0 Å². The van der Waals surface area contributed by atoms with Crippen molar-refractivity contribution >= 4 is 28.9 Å². The Morgan fingerprint density at radius 2 is 1.79 bits per heavy atom. The second-order valence-electron chi connectivity index (χ2n) is 4.52. The van der Waals surface area contributed by atoms with Crippen LogP contribution in [0.3, 0.4) is 0 Å². The molecule has 2 rings (SSSR count). The molecular formula is C15H14Cl2FN. The Bertz CT molecular complexity index is 599. The topological polar surface area (TPSA) is 12.0 Å². The summed E-state index contributed by atoms with van der Waals surface area (Å²) in [4.78, 5) is 0. The van der Waals surface area contributed by atoms with E-state index >= 15 is 0 Å². The van der Waals surface area contributed by atoms with Crippen LogP contribution in [0.25, 0.3) is 0 Å². The normalized spacial score (nSPS) is 12.3. The van der Waals surface area contributed by atoms with Gasteiger partial charge in [0.15, 0.2) is 0 Å². The molecule has 2 aromatic rings. The molecular weight excluding hydrogens is 284 g/mol. The highest BCUT2D eigenvalue weighted by Gasteiger charge is 2.10. The number of benzene rings is 2. The first-order chi connectivity index (χ1) is 8.97. The molecule has 0 fully saturated rings. The van der Waals surface area contributed by atoms with Gasteiger partial charge in [-0.2, -0.15) is 0 Å². The minimum absolute atomic E-state index is 0.0630. The quantitative estimate of drug-likeness (QED) is 0.776. The summed E-state index contributed by atoms with van der Waals surface area (Å²) in [7, 11) is 0. The van der Waals surface area contributed by atoms with E-state index in [2.05, 4.69) is 5.32 Å². The van der Waals surface area contributed by atoms with E-state index < -0.39 is 0 Å². The van der Waals surface area contributed by atoms with Gasteiger partial charge in [-0.3, -0.25) is 0 Å². The third-order valence-electron chi connectivity index (χ3n) is 2.94. The lowest BCUT2D eigenvalue weighted by Gasteiger charge is -2.17. The van der Waals surface area contributed by atoms with Crippen LogP contribution < -0.4 is 5.32 Å². The van der Waals surface area contributed by atoms with Crippen molar-refractivity contribution in [2.24, 2.45) is 0 Å². The molecule has 0 heterocycles. The van der Waals surface area contributed by atoms with Gasteiger partial charge in [0.1, 0.15) is 5.82 Å². The third-order valence-corrected chi connectivity index (χ3v) is 3.68. The molecule has 0 aliphatic rings. The highest BCUT2D eigenvalue weighted by Crippen LogP contribution is 2.28. The molecule has 0 radical (unpaired) electrons. The van der Waals surface area contributed by atoms with Crippen LogP contribution in [0.2, 0.25) is 10.0 Å². The smallest absolute Gasteiger partial charge is 0.146 e. The lowest BCUT2D eigenvalue weighted by molar-refractivity contribution is 0.626. The van der Waals surface area contributed by atoms with Gasteiger partial charge in [-0.05, 0) is 49.2 Å². The van der Waals surface area contributed by atoms with Crippen LogP contribution in [-0.4, -0.2) is 0 Å². The highest BCUT2D eigenvalue weighted by molar-refractivity contribution is 6.42. The van der Waals surface area contributed by atoms with Gasteiger partial charge in [-0.1, -0.05) is 35.3 Å². The summed E-state index contributed by atoms with van der Waals surface area (Å²) >= 11 is 11.9. The fourth-order valence-corrected chi connectivity index (χ4v) is 2.14. The monoisotopic (exact) mass is 297 g/mol. The Balaban J connectivity index is 2.20. The first-order valence-corrected chi connectivity index (χ1v) is 6.70. The van der Waals surface area contributed by atoms with Crippen molar-refractivity contribution < 1.29 is 4.39 Å². The van der Waals surface area contributed by atoms with E-state index in [9.17, 15) is 4.39 Å². The van der Waals surface area contributed by atoms with Crippen LogP contribution in [0.1, 0.15) is 24.1 Å². The summed E-state index contributed by atoms with van der Waals surface area (Å²) in [5, 5.41) is 4.13. The Labute approximate surface area is 122 Å². The molecule has 0 bridgehead atoms. The van der Waals surface area contributed by atoms with Gasteiger partial charge in [0.2, 0.25) is 0 Å². The second kappa shape index (κ2) is 5.81. The van der Waals surface area contributed by atoms with E-state index in [1.165, 1.54) is 6.07 Å². The Morgan fingerprint density at radius 1 is 1.05 bits per heavy atom. The molecule has 0 saturated carbocycles. The van der Waals surface area contributed by atoms with E-state index in [1.54, 1.807) is 18.2 Å². The Kier molecular flexibility index (Phi) is 4.33. The van der Waals surface area contributed by atoms with Crippen molar-refractivity contribution in [2.75, 3.05) is 5.32 Å². The lowest BCUT2D eigenvalue weighted by atomic mass is 10.1. The predicted molar refractivity (Wildman–Crippen MR) is 79.6 cm³/mol. The fraction of sp³-hybridized carbons (Fsp3) is 0.200. The van der Waals surface area contributed by atoms with Crippen molar-refractivity contribution in [3.05, 3.63) is 63.4 Å². The molecule has 1 unspecified atom stereocenters. The largest absolute Gasteiger partial charge is 0.376 e. The van der Waals surface area contributed by atoms with Crippen molar-refractivity contribution in [3.8, 4) is 0 Å². The zero-order valence-electron chi connectivity index (χ0n) is 10.7. The number of rotatable bonds is 3. The summed E-state index contributed by atoms with van der Waals surface area (Å²) in [6.07, 6.45) is 0. The molecule has 100 valence electrons. The number of anilines is 1. The summed E-state index contributed by atoms with van der Waals surface area (Å²) in [6, 6.07) is 10.4. The van der Waals surface area contributed by atoms with Crippen LogP contribution in [0.15, 0.2) is 36.4 Å². The maximum Gasteiger partial charge on any atom is 0.146 e. The maximum atomic E-state index is 13.8. The third kappa shape index (κ3) is 3.40. The molecule has 0 aliphatic carbocycles. The number of halogens is 3. The first-order valence-electron chi connectivity index (χ1n) is 5.95. The lowest BCUT2D eigenvalue weighted by Crippen LogP contribution is -2.08. The van der Waals surface area contributed by atoms with E-state index in [1.807, 2.05) is 26.0 Å². The predicted octanol–water partition coefficient (Wildman–Crippen LogP) is 5.61. The molecule has 1 nitrogen and oxygen atoms in total.